The number of carbonyl (C=O) groups excluding carboxylic acids is 3. The van der Waals surface area contributed by atoms with Gasteiger partial charge < -0.3 is 24.8 Å². The molecular formula is C40H52ClF3N4O4. The minimum absolute atomic E-state index is 0.0656. The van der Waals surface area contributed by atoms with E-state index in [9.17, 15) is 27.6 Å². The van der Waals surface area contributed by atoms with Gasteiger partial charge in [-0.2, -0.15) is 13.2 Å². The molecule has 0 bridgehead atoms. The molecular weight excluding hydrogens is 693 g/mol. The molecule has 2 aromatic carbocycles. The highest BCUT2D eigenvalue weighted by Crippen LogP contribution is 2.37. The van der Waals surface area contributed by atoms with Crippen molar-refractivity contribution in [2.75, 3.05) is 45.1 Å². The number of ketones is 1. The van der Waals surface area contributed by atoms with Gasteiger partial charge in [0.2, 0.25) is 0 Å². The molecule has 0 aromatic heterocycles. The summed E-state index contributed by atoms with van der Waals surface area (Å²) in [7, 11) is 2.18. The molecule has 1 aliphatic carbocycles. The number of likely N-dealkylation sites (tertiary alicyclic amines) is 2. The van der Waals surface area contributed by atoms with Crippen molar-refractivity contribution >= 4 is 35.2 Å². The second kappa shape index (κ2) is 17.2. The van der Waals surface area contributed by atoms with E-state index >= 15 is 0 Å². The lowest BCUT2D eigenvalue weighted by Crippen LogP contribution is -2.50. The van der Waals surface area contributed by atoms with Gasteiger partial charge in [0, 0.05) is 44.2 Å². The fourth-order valence-electron chi connectivity index (χ4n) is 8.73. The van der Waals surface area contributed by atoms with Crippen molar-refractivity contribution in [3.63, 3.8) is 0 Å². The molecule has 1 saturated carbocycles. The maximum atomic E-state index is 13.9. The number of fused-ring (bicyclic) bond motifs is 1. The van der Waals surface area contributed by atoms with E-state index in [0.717, 1.165) is 74.8 Å². The van der Waals surface area contributed by atoms with Gasteiger partial charge in [0.05, 0.1) is 10.6 Å². The van der Waals surface area contributed by atoms with Crippen molar-refractivity contribution < 1.29 is 32.3 Å². The van der Waals surface area contributed by atoms with E-state index in [1.54, 1.807) is 4.90 Å². The van der Waals surface area contributed by atoms with Gasteiger partial charge in [-0.25, -0.2) is 9.59 Å². The van der Waals surface area contributed by atoms with Crippen LogP contribution in [0.15, 0.2) is 42.5 Å². The number of para-hydroxylation sites is 1. The topological polar surface area (TPSA) is 82.2 Å². The molecule has 4 aliphatic rings. The molecule has 12 heteroatoms. The SMILES string of the molecule is CN1CCC(CC2CCCC(CC(=O)[C@@H](Cc3ccc(Cl)c(C(F)(F)F)c3)OC(=O)N3CCC(N4CCc5ccccc5NC4=O)CC3)CC2)CC1. The normalized spacial score (nSPS) is 23.3. The van der Waals surface area contributed by atoms with Crippen LogP contribution in [-0.2, 0) is 28.5 Å². The van der Waals surface area contributed by atoms with Gasteiger partial charge in [0.15, 0.2) is 11.9 Å². The molecule has 8 nitrogen and oxygen atoms in total. The van der Waals surface area contributed by atoms with Crippen LogP contribution in [0.2, 0.25) is 5.02 Å². The number of urea groups is 1. The first-order chi connectivity index (χ1) is 24.9. The molecule has 0 radical (unpaired) electrons. The number of halogens is 4. The van der Waals surface area contributed by atoms with Crippen LogP contribution >= 0.6 is 11.6 Å². The molecule has 52 heavy (non-hydrogen) atoms. The molecule has 2 aromatic rings. The van der Waals surface area contributed by atoms with Crippen LogP contribution in [0.4, 0.5) is 28.4 Å². The standard InChI is InChI=1S/C40H52ClF3N4O4/c1-46-18-13-29(14-19-46)23-27-5-4-6-28(10-9-27)25-36(49)37(26-30-11-12-34(41)33(24-30)40(42,43)44)52-39(51)47-20-16-32(17-21-47)48-22-15-31-7-2-3-8-35(31)45-38(48)50/h2-3,7-8,11-12,24,27-29,32,37H,4-6,9-10,13-23,25-26H2,1H3,(H,45,50)/t27?,28?,37-/m1/s1. The van der Waals surface area contributed by atoms with E-state index in [1.165, 1.54) is 31.4 Å². The second-order valence-corrected chi connectivity index (χ2v) is 15.9. The van der Waals surface area contributed by atoms with E-state index in [0.29, 0.717) is 38.4 Å². The lowest BCUT2D eigenvalue weighted by Gasteiger charge is -2.37. The number of rotatable bonds is 9. The number of benzene rings is 2. The number of ether oxygens (including phenoxy) is 1. The van der Waals surface area contributed by atoms with Crippen LogP contribution in [0.5, 0.6) is 0 Å². The Balaban J connectivity index is 1.08. The Bertz CT molecular complexity index is 1560. The minimum atomic E-state index is -4.66. The average molecular weight is 745 g/mol. The Morgan fingerprint density at radius 3 is 2.35 bits per heavy atom. The number of hydrogen-bond donors (Lipinski definition) is 1. The van der Waals surface area contributed by atoms with Crippen molar-refractivity contribution in [2.24, 2.45) is 17.8 Å². The number of amides is 3. The Kier molecular flexibility index (Phi) is 12.7. The van der Waals surface area contributed by atoms with Gasteiger partial charge in [-0.05, 0) is 112 Å². The summed E-state index contributed by atoms with van der Waals surface area (Å²) in [6.07, 6.45) is 4.15. The van der Waals surface area contributed by atoms with Crippen molar-refractivity contribution in [3.8, 4) is 0 Å². The largest absolute Gasteiger partial charge is 0.438 e. The highest BCUT2D eigenvalue weighted by Gasteiger charge is 2.36. The summed E-state index contributed by atoms with van der Waals surface area (Å²) in [6, 6.07) is 11.1. The number of nitrogens with zero attached hydrogens (tertiary/aromatic N) is 3. The average Bonchev–Trinajstić information content (AvgIpc) is 3.44. The quantitative estimate of drug-likeness (QED) is 0.260. The van der Waals surface area contributed by atoms with Crippen LogP contribution in [0.25, 0.3) is 0 Å². The summed E-state index contributed by atoms with van der Waals surface area (Å²) in [5.41, 5.74) is 1.14. The summed E-state index contributed by atoms with van der Waals surface area (Å²) >= 11 is 5.89. The maximum absolute atomic E-state index is 13.9. The van der Waals surface area contributed by atoms with E-state index in [4.69, 9.17) is 16.3 Å². The summed E-state index contributed by atoms with van der Waals surface area (Å²) in [5.74, 6) is 1.29. The predicted octanol–water partition coefficient (Wildman–Crippen LogP) is 8.85. The molecule has 3 atom stereocenters. The summed E-state index contributed by atoms with van der Waals surface area (Å²) in [4.78, 5) is 46.4. The lowest BCUT2D eigenvalue weighted by molar-refractivity contribution is -0.137. The van der Waals surface area contributed by atoms with Crippen LogP contribution in [0, 0.1) is 17.8 Å². The number of Topliss-reactive ketones (excluding diaryl/α,β-unsaturated/α-hetero) is 1. The number of hydrogen-bond acceptors (Lipinski definition) is 5. The number of carbonyl (C=O) groups is 3. The first-order valence-electron chi connectivity index (χ1n) is 19.1. The zero-order valence-electron chi connectivity index (χ0n) is 30.1. The van der Waals surface area contributed by atoms with E-state index in [2.05, 4.69) is 17.3 Å². The second-order valence-electron chi connectivity index (χ2n) is 15.5. The van der Waals surface area contributed by atoms with Crippen LogP contribution in [0.1, 0.15) is 87.3 Å². The fourth-order valence-corrected chi connectivity index (χ4v) is 8.95. The summed E-state index contributed by atoms with van der Waals surface area (Å²) in [5, 5.41) is 2.58. The van der Waals surface area contributed by atoms with Crippen molar-refractivity contribution in [1.82, 2.24) is 14.7 Å². The molecule has 6 rings (SSSR count). The molecule has 2 saturated heterocycles. The molecule has 1 N–H and O–H groups in total. The minimum Gasteiger partial charge on any atom is -0.438 e. The Hall–Kier alpha value is -3.31. The molecule has 284 valence electrons. The van der Waals surface area contributed by atoms with Gasteiger partial charge in [0.1, 0.15) is 0 Å². The molecule has 3 fully saturated rings. The smallest absolute Gasteiger partial charge is 0.417 e. The zero-order chi connectivity index (χ0) is 36.8. The monoisotopic (exact) mass is 744 g/mol. The molecule has 3 aliphatic heterocycles. The van der Waals surface area contributed by atoms with Crippen molar-refractivity contribution in [2.45, 2.75) is 102 Å². The third kappa shape index (κ3) is 10.0. The fraction of sp³-hybridized carbons (Fsp3) is 0.625. The third-order valence-corrected chi connectivity index (χ3v) is 12.2. The van der Waals surface area contributed by atoms with Gasteiger partial charge in [0.25, 0.3) is 0 Å². The molecule has 3 heterocycles. The van der Waals surface area contributed by atoms with Crippen molar-refractivity contribution in [3.05, 3.63) is 64.2 Å². The Morgan fingerprint density at radius 2 is 1.60 bits per heavy atom. The highest BCUT2D eigenvalue weighted by molar-refractivity contribution is 6.31. The van der Waals surface area contributed by atoms with Crippen LogP contribution in [0.3, 0.4) is 0 Å². The van der Waals surface area contributed by atoms with Gasteiger partial charge in [-0.1, -0.05) is 61.5 Å². The summed E-state index contributed by atoms with van der Waals surface area (Å²) in [6.45, 7) is 3.53. The van der Waals surface area contributed by atoms with Gasteiger partial charge >= 0.3 is 18.3 Å². The van der Waals surface area contributed by atoms with Crippen molar-refractivity contribution in [1.29, 1.82) is 0 Å². The van der Waals surface area contributed by atoms with Crippen LogP contribution < -0.4 is 5.32 Å². The lowest BCUT2D eigenvalue weighted by atomic mass is 9.83. The number of anilines is 1. The van der Waals surface area contributed by atoms with E-state index in [1.807, 2.05) is 29.2 Å². The number of alkyl halides is 3. The van der Waals surface area contributed by atoms with Crippen LogP contribution in [-0.4, -0.2) is 84.5 Å². The molecule has 3 amide bonds. The maximum Gasteiger partial charge on any atom is 0.417 e. The van der Waals surface area contributed by atoms with E-state index < -0.39 is 29.0 Å². The first-order valence-corrected chi connectivity index (χ1v) is 19.5. The van der Waals surface area contributed by atoms with E-state index in [-0.39, 0.29) is 42.2 Å². The first kappa shape index (κ1) is 38.4. The molecule has 2 unspecified atom stereocenters. The summed E-state index contributed by atoms with van der Waals surface area (Å²) < 4.78 is 47.1. The van der Waals surface area contributed by atoms with Gasteiger partial charge in [-0.15, -0.1) is 0 Å². The molecule has 0 spiro atoms. The predicted molar refractivity (Wildman–Crippen MR) is 195 cm³/mol. The Morgan fingerprint density at radius 1 is 0.904 bits per heavy atom. The third-order valence-electron chi connectivity index (χ3n) is 11.9. The Labute approximate surface area is 310 Å². The highest BCUT2D eigenvalue weighted by atomic mass is 35.5. The number of piperidine rings is 2. The number of nitrogens with one attached hydrogen (secondary N) is 1. The van der Waals surface area contributed by atoms with Gasteiger partial charge in [-0.3, -0.25) is 4.79 Å². The zero-order valence-corrected chi connectivity index (χ0v) is 30.9.